The SMILES string of the molecule is COCCN(CCOC(C)=O)CCN(CCOC=O)C[C@H](S)OC(C)=O. The van der Waals surface area contributed by atoms with Gasteiger partial charge in [-0.25, -0.2) is 0 Å². The maximum Gasteiger partial charge on any atom is 0.303 e. The summed E-state index contributed by atoms with van der Waals surface area (Å²) in [6, 6.07) is 0. The number of ether oxygens (including phenoxy) is 4. The third-order valence-electron chi connectivity index (χ3n) is 3.37. The summed E-state index contributed by atoms with van der Waals surface area (Å²) in [6.07, 6.45) is 0. The average Bonchev–Trinajstić information content (AvgIpc) is 2.55. The van der Waals surface area contributed by atoms with E-state index in [2.05, 4.69) is 17.5 Å². The Morgan fingerprint density at radius 1 is 0.962 bits per heavy atom. The number of hydrogen-bond donors (Lipinski definition) is 1. The van der Waals surface area contributed by atoms with E-state index in [0.717, 1.165) is 0 Å². The quantitative estimate of drug-likeness (QED) is 0.0953. The molecule has 0 bridgehead atoms. The lowest BCUT2D eigenvalue weighted by molar-refractivity contribution is -0.143. The second-order valence-electron chi connectivity index (χ2n) is 5.51. The molecular formula is C16H30N2O7S. The minimum absolute atomic E-state index is 0.232. The minimum atomic E-state index is -0.572. The molecule has 0 aliphatic carbocycles. The number of nitrogens with zero attached hydrogens (tertiary/aromatic N) is 2. The first-order valence-corrected chi connectivity index (χ1v) is 8.88. The summed E-state index contributed by atoms with van der Waals surface area (Å²) in [4.78, 5) is 36.3. The van der Waals surface area contributed by atoms with Crippen molar-refractivity contribution in [2.45, 2.75) is 19.3 Å². The molecule has 1 atom stereocenters. The predicted octanol–water partition coefficient (Wildman–Crippen LogP) is -0.208. The fourth-order valence-corrected chi connectivity index (χ4v) is 2.51. The van der Waals surface area contributed by atoms with Gasteiger partial charge >= 0.3 is 11.9 Å². The van der Waals surface area contributed by atoms with E-state index in [1.807, 2.05) is 4.90 Å². The van der Waals surface area contributed by atoms with Gasteiger partial charge in [-0.3, -0.25) is 24.2 Å². The summed E-state index contributed by atoms with van der Waals surface area (Å²) in [7, 11) is 1.62. The van der Waals surface area contributed by atoms with Crippen molar-refractivity contribution in [1.29, 1.82) is 0 Å². The summed E-state index contributed by atoms with van der Waals surface area (Å²) in [5.74, 6) is -0.721. The lowest BCUT2D eigenvalue weighted by Crippen LogP contribution is -2.42. The molecule has 10 heteroatoms. The molecule has 0 aromatic heterocycles. The smallest absolute Gasteiger partial charge is 0.303 e. The van der Waals surface area contributed by atoms with Crippen LogP contribution in [0.4, 0.5) is 0 Å². The largest absolute Gasteiger partial charge is 0.467 e. The second-order valence-corrected chi connectivity index (χ2v) is 6.08. The van der Waals surface area contributed by atoms with E-state index >= 15 is 0 Å². The molecule has 0 aromatic carbocycles. The zero-order valence-corrected chi connectivity index (χ0v) is 16.6. The first-order chi connectivity index (χ1) is 12.4. The Bertz CT molecular complexity index is 412. The van der Waals surface area contributed by atoms with Crippen molar-refractivity contribution in [2.24, 2.45) is 0 Å². The summed E-state index contributed by atoms with van der Waals surface area (Å²) in [5.41, 5.74) is -0.572. The second kappa shape index (κ2) is 15.9. The van der Waals surface area contributed by atoms with Gasteiger partial charge < -0.3 is 18.9 Å². The van der Waals surface area contributed by atoms with Crippen molar-refractivity contribution in [2.75, 3.05) is 66.2 Å². The van der Waals surface area contributed by atoms with Crippen LogP contribution >= 0.6 is 12.6 Å². The summed E-state index contributed by atoms with van der Waals surface area (Å²) in [5, 5.41) is 0. The molecule has 26 heavy (non-hydrogen) atoms. The highest BCUT2D eigenvalue weighted by Crippen LogP contribution is 2.03. The molecule has 0 amide bonds. The van der Waals surface area contributed by atoms with Crippen molar-refractivity contribution in [3.8, 4) is 0 Å². The van der Waals surface area contributed by atoms with Gasteiger partial charge in [0.15, 0.2) is 5.44 Å². The molecule has 152 valence electrons. The molecule has 0 aliphatic heterocycles. The fourth-order valence-electron chi connectivity index (χ4n) is 2.13. The standard InChI is InChI=1S/C16H30N2O7S/c1-14(20)24-11-8-17(6-9-22-3)4-5-18(7-10-23-13-19)12-16(26)25-15(2)21/h13,16,26H,4-12H2,1-3H3/t16-/m0/s1. The number of methoxy groups -OCH3 is 1. The van der Waals surface area contributed by atoms with Crippen molar-refractivity contribution >= 4 is 31.0 Å². The van der Waals surface area contributed by atoms with E-state index in [4.69, 9.17) is 18.9 Å². The summed E-state index contributed by atoms with van der Waals surface area (Å²) in [6.45, 7) is 7.62. The Morgan fingerprint density at radius 3 is 2.15 bits per heavy atom. The predicted molar refractivity (Wildman–Crippen MR) is 97.9 cm³/mol. The Hall–Kier alpha value is -1.36. The molecule has 0 aliphatic rings. The number of thiol groups is 1. The minimum Gasteiger partial charge on any atom is -0.467 e. The Morgan fingerprint density at radius 2 is 1.58 bits per heavy atom. The van der Waals surface area contributed by atoms with Crippen molar-refractivity contribution in [3.05, 3.63) is 0 Å². The van der Waals surface area contributed by atoms with Crippen molar-refractivity contribution in [1.82, 2.24) is 9.80 Å². The van der Waals surface area contributed by atoms with E-state index < -0.39 is 11.4 Å². The van der Waals surface area contributed by atoms with Crippen molar-refractivity contribution in [3.63, 3.8) is 0 Å². The number of carbonyl (C=O) groups excluding carboxylic acids is 3. The molecule has 0 aromatic rings. The molecule has 0 N–H and O–H groups in total. The molecule has 0 radical (unpaired) electrons. The van der Waals surface area contributed by atoms with Gasteiger partial charge in [-0.1, -0.05) is 0 Å². The number of hydrogen-bond acceptors (Lipinski definition) is 10. The van der Waals surface area contributed by atoms with Gasteiger partial charge in [0.05, 0.1) is 6.61 Å². The van der Waals surface area contributed by atoms with Gasteiger partial charge in [-0.2, -0.15) is 0 Å². The molecule has 0 unspecified atom stereocenters. The monoisotopic (exact) mass is 394 g/mol. The fraction of sp³-hybridized carbons (Fsp3) is 0.812. The van der Waals surface area contributed by atoms with E-state index in [1.54, 1.807) is 7.11 Å². The lowest BCUT2D eigenvalue weighted by Gasteiger charge is -2.28. The summed E-state index contributed by atoms with van der Waals surface area (Å²) >= 11 is 4.25. The van der Waals surface area contributed by atoms with E-state index in [1.165, 1.54) is 13.8 Å². The maximum atomic E-state index is 11.0. The summed E-state index contributed by atoms with van der Waals surface area (Å²) < 4.78 is 19.9. The van der Waals surface area contributed by atoms with Crippen LogP contribution in [0.25, 0.3) is 0 Å². The molecule has 0 heterocycles. The first-order valence-electron chi connectivity index (χ1n) is 8.36. The zero-order valence-electron chi connectivity index (χ0n) is 15.7. The van der Waals surface area contributed by atoms with Crippen LogP contribution in [0.2, 0.25) is 0 Å². The third kappa shape index (κ3) is 14.9. The van der Waals surface area contributed by atoms with Crippen LogP contribution in [0.15, 0.2) is 0 Å². The van der Waals surface area contributed by atoms with Gasteiger partial charge in [-0.05, 0) is 0 Å². The molecule has 0 rings (SSSR count). The van der Waals surface area contributed by atoms with Gasteiger partial charge in [-0.15, -0.1) is 12.6 Å². The van der Waals surface area contributed by atoms with E-state index in [-0.39, 0.29) is 12.6 Å². The van der Waals surface area contributed by atoms with Gasteiger partial charge in [0.1, 0.15) is 13.2 Å². The van der Waals surface area contributed by atoms with Gasteiger partial charge in [0, 0.05) is 60.2 Å². The average molecular weight is 394 g/mol. The van der Waals surface area contributed by atoms with Gasteiger partial charge in [0.2, 0.25) is 0 Å². The van der Waals surface area contributed by atoms with Crippen LogP contribution < -0.4 is 0 Å². The highest BCUT2D eigenvalue weighted by Gasteiger charge is 2.15. The molecule has 0 saturated carbocycles. The molecular weight excluding hydrogens is 364 g/mol. The molecule has 0 spiro atoms. The number of rotatable bonds is 16. The highest BCUT2D eigenvalue weighted by atomic mass is 32.1. The van der Waals surface area contributed by atoms with E-state index in [9.17, 15) is 14.4 Å². The van der Waals surface area contributed by atoms with Crippen LogP contribution in [0.1, 0.15) is 13.8 Å². The van der Waals surface area contributed by atoms with Crippen LogP contribution in [0, 0.1) is 0 Å². The Labute approximate surface area is 160 Å². The van der Waals surface area contributed by atoms with Crippen LogP contribution in [0.3, 0.4) is 0 Å². The highest BCUT2D eigenvalue weighted by molar-refractivity contribution is 7.80. The topological polar surface area (TPSA) is 94.6 Å². The normalized spacial score (nSPS) is 12.1. The van der Waals surface area contributed by atoms with E-state index in [0.29, 0.717) is 59.0 Å². The molecule has 9 nitrogen and oxygen atoms in total. The van der Waals surface area contributed by atoms with Crippen LogP contribution in [-0.2, 0) is 33.3 Å². The number of carbonyl (C=O) groups is 3. The Balaban J connectivity index is 4.54. The molecule has 0 saturated heterocycles. The lowest BCUT2D eigenvalue weighted by atomic mass is 10.4. The Kier molecular flexibility index (Phi) is 15.0. The van der Waals surface area contributed by atoms with Gasteiger partial charge in [0.25, 0.3) is 6.47 Å². The third-order valence-corrected chi connectivity index (χ3v) is 3.64. The maximum absolute atomic E-state index is 11.0. The number of esters is 2. The molecule has 0 fully saturated rings. The first kappa shape index (κ1) is 24.6. The van der Waals surface area contributed by atoms with Crippen LogP contribution in [-0.4, -0.2) is 99.8 Å². The van der Waals surface area contributed by atoms with Crippen molar-refractivity contribution < 1.29 is 33.3 Å². The zero-order chi connectivity index (χ0) is 19.8. The van der Waals surface area contributed by atoms with Crippen LogP contribution in [0.5, 0.6) is 0 Å².